The number of methoxy groups -OCH3 is 1. The number of phenols is 1. The lowest BCUT2D eigenvalue weighted by Crippen LogP contribution is -2.11. The van der Waals surface area contributed by atoms with Gasteiger partial charge in [0.1, 0.15) is 0 Å². The van der Waals surface area contributed by atoms with Gasteiger partial charge in [-0.2, -0.15) is 0 Å². The van der Waals surface area contributed by atoms with Crippen molar-refractivity contribution in [2.75, 3.05) is 20.7 Å². The first kappa shape index (κ1) is 10.9. The number of ether oxygens (including phenoxy) is 1. The Kier molecular flexibility index (Phi) is 3.77. The normalized spacial score (nSPS) is 10.2. The highest BCUT2D eigenvalue weighted by molar-refractivity contribution is 5.49. The van der Waals surface area contributed by atoms with Gasteiger partial charge in [0.05, 0.1) is 7.11 Å². The van der Waals surface area contributed by atoms with E-state index in [4.69, 9.17) is 4.74 Å². The SMILES string of the molecule is CNCCc1c(C)ccc(OC)c1O. The number of hydrogen-bond acceptors (Lipinski definition) is 3. The maximum atomic E-state index is 9.84. The lowest BCUT2D eigenvalue weighted by Gasteiger charge is -2.11. The molecule has 14 heavy (non-hydrogen) atoms. The molecule has 0 aromatic heterocycles. The Hall–Kier alpha value is -1.22. The topological polar surface area (TPSA) is 41.5 Å². The van der Waals surface area contributed by atoms with Gasteiger partial charge < -0.3 is 15.2 Å². The summed E-state index contributed by atoms with van der Waals surface area (Å²) in [6.45, 7) is 2.84. The molecule has 0 saturated heterocycles. The monoisotopic (exact) mass is 195 g/mol. The third-order valence-electron chi connectivity index (χ3n) is 2.32. The van der Waals surface area contributed by atoms with Crippen LogP contribution in [0.15, 0.2) is 12.1 Å². The number of aromatic hydroxyl groups is 1. The van der Waals surface area contributed by atoms with Crippen LogP contribution in [0.3, 0.4) is 0 Å². The van der Waals surface area contributed by atoms with Gasteiger partial charge in [0.15, 0.2) is 11.5 Å². The van der Waals surface area contributed by atoms with Crippen LogP contribution < -0.4 is 10.1 Å². The highest BCUT2D eigenvalue weighted by atomic mass is 16.5. The minimum absolute atomic E-state index is 0.266. The zero-order valence-electron chi connectivity index (χ0n) is 8.92. The summed E-state index contributed by atoms with van der Waals surface area (Å²) in [4.78, 5) is 0. The second-order valence-electron chi connectivity index (χ2n) is 3.27. The molecule has 0 heterocycles. The number of rotatable bonds is 4. The molecule has 0 aliphatic rings. The zero-order valence-corrected chi connectivity index (χ0v) is 8.92. The highest BCUT2D eigenvalue weighted by Gasteiger charge is 2.09. The Morgan fingerprint density at radius 1 is 1.43 bits per heavy atom. The summed E-state index contributed by atoms with van der Waals surface area (Å²) in [5.74, 6) is 0.810. The third-order valence-corrected chi connectivity index (χ3v) is 2.32. The van der Waals surface area contributed by atoms with E-state index in [2.05, 4.69) is 5.32 Å². The minimum atomic E-state index is 0.266. The van der Waals surface area contributed by atoms with E-state index in [1.165, 1.54) is 0 Å². The lowest BCUT2D eigenvalue weighted by atomic mass is 10.0. The van der Waals surface area contributed by atoms with E-state index in [1.54, 1.807) is 13.2 Å². The summed E-state index contributed by atoms with van der Waals surface area (Å²) in [6, 6.07) is 3.75. The summed E-state index contributed by atoms with van der Waals surface area (Å²) in [7, 11) is 3.46. The van der Waals surface area contributed by atoms with E-state index < -0.39 is 0 Å². The molecule has 0 amide bonds. The van der Waals surface area contributed by atoms with Crippen LogP contribution >= 0.6 is 0 Å². The molecule has 2 N–H and O–H groups in total. The van der Waals surface area contributed by atoms with Gasteiger partial charge >= 0.3 is 0 Å². The van der Waals surface area contributed by atoms with Crippen molar-refractivity contribution in [2.24, 2.45) is 0 Å². The number of nitrogens with one attached hydrogen (secondary N) is 1. The van der Waals surface area contributed by atoms with Gasteiger partial charge in [-0.15, -0.1) is 0 Å². The first-order valence-electron chi connectivity index (χ1n) is 4.70. The van der Waals surface area contributed by atoms with Crippen molar-refractivity contribution in [3.8, 4) is 11.5 Å². The summed E-state index contributed by atoms with van der Waals surface area (Å²) in [6.07, 6.45) is 0.811. The van der Waals surface area contributed by atoms with Crippen LogP contribution in [0, 0.1) is 6.92 Å². The van der Waals surface area contributed by atoms with E-state index in [9.17, 15) is 5.11 Å². The summed E-state index contributed by atoms with van der Waals surface area (Å²) in [5.41, 5.74) is 2.05. The van der Waals surface area contributed by atoms with Gasteiger partial charge in [-0.05, 0) is 38.6 Å². The predicted molar refractivity (Wildman–Crippen MR) is 57.0 cm³/mol. The fraction of sp³-hybridized carbons (Fsp3) is 0.455. The van der Waals surface area contributed by atoms with Gasteiger partial charge in [0.2, 0.25) is 0 Å². The molecule has 0 atom stereocenters. The summed E-state index contributed by atoms with van der Waals surface area (Å²) in [5, 5.41) is 12.9. The van der Waals surface area contributed by atoms with Crippen molar-refractivity contribution in [2.45, 2.75) is 13.3 Å². The molecule has 1 rings (SSSR count). The first-order chi connectivity index (χ1) is 6.70. The van der Waals surface area contributed by atoms with Crippen LogP contribution in [0.1, 0.15) is 11.1 Å². The molecule has 0 unspecified atom stereocenters. The van der Waals surface area contributed by atoms with Crippen LogP contribution in [0.4, 0.5) is 0 Å². The van der Waals surface area contributed by atoms with Gasteiger partial charge in [-0.3, -0.25) is 0 Å². The van der Waals surface area contributed by atoms with E-state index >= 15 is 0 Å². The van der Waals surface area contributed by atoms with Crippen molar-refractivity contribution in [3.63, 3.8) is 0 Å². The molecule has 0 bridgehead atoms. The van der Waals surface area contributed by atoms with Crippen molar-refractivity contribution in [1.29, 1.82) is 0 Å². The molecule has 78 valence electrons. The Labute approximate surface area is 84.7 Å². The Morgan fingerprint density at radius 2 is 2.14 bits per heavy atom. The quantitative estimate of drug-likeness (QED) is 0.764. The van der Waals surface area contributed by atoms with E-state index in [1.807, 2.05) is 20.0 Å². The smallest absolute Gasteiger partial charge is 0.161 e. The molecule has 0 aliphatic heterocycles. The molecule has 1 aromatic rings. The average molecular weight is 195 g/mol. The van der Waals surface area contributed by atoms with Crippen LogP contribution in [-0.4, -0.2) is 25.8 Å². The van der Waals surface area contributed by atoms with Crippen molar-refractivity contribution < 1.29 is 9.84 Å². The molecular weight excluding hydrogens is 178 g/mol. The lowest BCUT2D eigenvalue weighted by molar-refractivity contribution is 0.370. The third kappa shape index (κ3) is 2.17. The number of benzene rings is 1. The number of phenolic OH excluding ortho intramolecular Hbond substituents is 1. The number of likely N-dealkylation sites (N-methyl/N-ethyl adjacent to an activating group) is 1. The van der Waals surface area contributed by atoms with E-state index in [0.717, 1.165) is 24.1 Å². The van der Waals surface area contributed by atoms with Gasteiger partial charge in [0.25, 0.3) is 0 Å². The Bertz CT molecular complexity index is 310. The number of hydrogen-bond donors (Lipinski definition) is 2. The summed E-state index contributed by atoms with van der Waals surface area (Å²) >= 11 is 0. The van der Waals surface area contributed by atoms with Crippen molar-refractivity contribution >= 4 is 0 Å². The highest BCUT2D eigenvalue weighted by Crippen LogP contribution is 2.32. The van der Waals surface area contributed by atoms with Gasteiger partial charge in [0, 0.05) is 5.56 Å². The van der Waals surface area contributed by atoms with Crippen LogP contribution in [0.25, 0.3) is 0 Å². The Morgan fingerprint density at radius 3 is 2.71 bits per heavy atom. The molecule has 0 spiro atoms. The zero-order chi connectivity index (χ0) is 10.6. The fourth-order valence-corrected chi connectivity index (χ4v) is 1.45. The molecule has 0 aliphatic carbocycles. The number of aryl methyl sites for hydroxylation is 1. The first-order valence-corrected chi connectivity index (χ1v) is 4.70. The minimum Gasteiger partial charge on any atom is -0.504 e. The van der Waals surface area contributed by atoms with E-state index in [-0.39, 0.29) is 5.75 Å². The molecule has 3 nitrogen and oxygen atoms in total. The van der Waals surface area contributed by atoms with Gasteiger partial charge in [-0.1, -0.05) is 6.07 Å². The summed E-state index contributed by atoms with van der Waals surface area (Å²) < 4.78 is 5.05. The standard InChI is InChI=1S/C11H17NO2/c1-8-4-5-10(14-3)11(13)9(8)6-7-12-2/h4-5,12-13H,6-7H2,1-3H3. The van der Waals surface area contributed by atoms with E-state index in [0.29, 0.717) is 5.75 Å². The molecule has 0 radical (unpaired) electrons. The molecule has 0 saturated carbocycles. The second kappa shape index (κ2) is 4.86. The Balaban J connectivity index is 2.99. The van der Waals surface area contributed by atoms with Crippen LogP contribution in [0.5, 0.6) is 11.5 Å². The predicted octanol–water partition coefficient (Wildman–Crippen LogP) is 1.47. The molecular formula is C11H17NO2. The fourth-order valence-electron chi connectivity index (χ4n) is 1.45. The second-order valence-corrected chi connectivity index (χ2v) is 3.27. The average Bonchev–Trinajstić information content (AvgIpc) is 2.18. The molecule has 3 heteroatoms. The van der Waals surface area contributed by atoms with Crippen molar-refractivity contribution in [3.05, 3.63) is 23.3 Å². The molecule has 1 aromatic carbocycles. The largest absolute Gasteiger partial charge is 0.504 e. The molecule has 0 fully saturated rings. The maximum absolute atomic E-state index is 9.84. The van der Waals surface area contributed by atoms with Crippen molar-refractivity contribution in [1.82, 2.24) is 5.32 Å². The van der Waals surface area contributed by atoms with Gasteiger partial charge in [-0.25, -0.2) is 0 Å². The van der Waals surface area contributed by atoms with Crippen LogP contribution in [-0.2, 0) is 6.42 Å². The maximum Gasteiger partial charge on any atom is 0.161 e. The van der Waals surface area contributed by atoms with Crippen LogP contribution in [0.2, 0.25) is 0 Å².